The minimum Gasteiger partial charge on any atom is -0.347 e. The van der Waals surface area contributed by atoms with E-state index in [4.69, 9.17) is 16.6 Å². The number of hydrogen-bond donors (Lipinski definition) is 1. The Morgan fingerprint density at radius 2 is 1.89 bits per heavy atom. The number of aryl methyl sites for hydroxylation is 1. The van der Waals surface area contributed by atoms with Crippen molar-refractivity contribution in [1.82, 2.24) is 19.7 Å². The molecule has 1 aromatic carbocycles. The predicted molar refractivity (Wildman–Crippen MR) is 131 cm³/mol. The fourth-order valence-electron chi connectivity index (χ4n) is 5.92. The van der Waals surface area contributed by atoms with E-state index in [1.807, 2.05) is 37.3 Å². The van der Waals surface area contributed by atoms with Crippen LogP contribution in [0.25, 0.3) is 16.6 Å². The van der Waals surface area contributed by atoms with E-state index in [1.54, 1.807) is 22.7 Å². The molecule has 9 heteroatoms. The van der Waals surface area contributed by atoms with Gasteiger partial charge in [-0.2, -0.15) is 13.2 Å². The maximum absolute atomic E-state index is 13.1. The lowest BCUT2D eigenvalue weighted by atomic mass is 9.95. The number of pyridine rings is 2. The maximum atomic E-state index is 13.1. The van der Waals surface area contributed by atoms with Gasteiger partial charge in [-0.05, 0) is 67.0 Å². The average molecular weight is 513 g/mol. The average Bonchev–Trinajstić information content (AvgIpc) is 3.20. The summed E-state index contributed by atoms with van der Waals surface area (Å²) in [5, 5.41) is 4.43. The van der Waals surface area contributed by atoms with Crippen molar-refractivity contribution in [2.24, 2.45) is 17.8 Å². The van der Waals surface area contributed by atoms with E-state index in [1.165, 1.54) is 0 Å². The van der Waals surface area contributed by atoms with Gasteiger partial charge in [0.2, 0.25) is 0 Å². The van der Waals surface area contributed by atoms with Crippen LogP contribution in [0.5, 0.6) is 0 Å². The van der Waals surface area contributed by atoms with Crippen molar-refractivity contribution in [3.8, 4) is 0 Å². The van der Waals surface area contributed by atoms with E-state index in [-0.39, 0.29) is 23.7 Å². The largest absolute Gasteiger partial charge is 0.392 e. The van der Waals surface area contributed by atoms with E-state index in [0.29, 0.717) is 47.9 Å². The SMILES string of the molecule is CCc1nc2ccc(Cl)cn2c1C(=O)NCc1ccc2nc(C3C[C@@H]4[C@H](C3)[C@@H]4C(F)(F)F)ccc2c1. The number of carbonyl (C=O) groups is 1. The van der Waals surface area contributed by atoms with E-state index in [9.17, 15) is 18.0 Å². The summed E-state index contributed by atoms with van der Waals surface area (Å²) in [4.78, 5) is 22.3. The number of benzene rings is 1. The first-order chi connectivity index (χ1) is 17.2. The summed E-state index contributed by atoms with van der Waals surface area (Å²) >= 11 is 6.13. The topological polar surface area (TPSA) is 59.3 Å². The minimum absolute atomic E-state index is 0.0914. The lowest BCUT2D eigenvalue weighted by molar-refractivity contribution is -0.155. The number of halogens is 4. The summed E-state index contributed by atoms with van der Waals surface area (Å²) in [7, 11) is 0. The molecule has 0 spiro atoms. The van der Waals surface area contributed by atoms with Crippen molar-refractivity contribution in [2.45, 2.75) is 44.8 Å². The van der Waals surface area contributed by atoms with Crippen molar-refractivity contribution in [3.63, 3.8) is 0 Å². The van der Waals surface area contributed by atoms with Crippen LogP contribution in [0.1, 0.15) is 53.1 Å². The summed E-state index contributed by atoms with van der Waals surface area (Å²) in [5.41, 5.74) is 4.45. The number of fused-ring (bicyclic) bond motifs is 3. The molecule has 6 rings (SSSR count). The molecule has 3 heterocycles. The molecule has 3 aromatic heterocycles. The lowest BCUT2D eigenvalue weighted by Gasteiger charge is -2.16. The molecule has 0 saturated heterocycles. The van der Waals surface area contributed by atoms with Gasteiger partial charge in [-0.3, -0.25) is 14.2 Å². The Kier molecular flexibility index (Phi) is 5.48. The summed E-state index contributed by atoms with van der Waals surface area (Å²) in [5.74, 6) is -1.73. The molecule has 186 valence electrons. The quantitative estimate of drug-likeness (QED) is 0.340. The van der Waals surface area contributed by atoms with Gasteiger partial charge in [-0.25, -0.2) is 4.98 Å². The Hall–Kier alpha value is -3.13. The minimum atomic E-state index is -4.07. The van der Waals surface area contributed by atoms with Gasteiger partial charge in [-0.1, -0.05) is 30.7 Å². The summed E-state index contributed by atoms with van der Waals surface area (Å²) in [6.45, 7) is 2.28. The number of rotatable bonds is 5. The van der Waals surface area contributed by atoms with Crippen molar-refractivity contribution in [3.05, 3.63) is 76.3 Å². The second-order valence-corrected chi connectivity index (χ2v) is 10.3. The fourth-order valence-corrected chi connectivity index (χ4v) is 6.08. The molecule has 0 aliphatic heterocycles. The van der Waals surface area contributed by atoms with Crippen LogP contribution < -0.4 is 5.32 Å². The number of aromatic nitrogens is 3. The molecule has 2 aliphatic carbocycles. The molecule has 2 saturated carbocycles. The highest BCUT2D eigenvalue weighted by molar-refractivity contribution is 6.30. The first kappa shape index (κ1) is 23.3. The number of nitrogens with one attached hydrogen (secondary N) is 1. The Balaban J connectivity index is 1.15. The second kappa shape index (κ2) is 8.47. The molecule has 1 amide bonds. The van der Waals surface area contributed by atoms with Gasteiger partial charge in [-0.15, -0.1) is 0 Å². The number of alkyl halides is 3. The van der Waals surface area contributed by atoms with Gasteiger partial charge in [0.1, 0.15) is 11.3 Å². The molecule has 2 aliphatic rings. The highest BCUT2D eigenvalue weighted by atomic mass is 35.5. The van der Waals surface area contributed by atoms with Crippen molar-refractivity contribution < 1.29 is 18.0 Å². The Morgan fingerprint density at radius 3 is 2.61 bits per heavy atom. The zero-order chi connectivity index (χ0) is 25.2. The fraction of sp³-hybridized carbons (Fsp3) is 0.370. The molecule has 0 radical (unpaired) electrons. The number of amides is 1. The predicted octanol–water partition coefficient (Wildman–Crippen LogP) is 6.33. The zero-order valence-corrected chi connectivity index (χ0v) is 20.3. The van der Waals surface area contributed by atoms with Crippen LogP contribution in [0, 0.1) is 17.8 Å². The zero-order valence-electron chi connectivity index (χ0n) is 19.5. The third kappa shape index (κ3) is 4.01. The normalized spacial score (nSPS) is 23.2. The highest BCUT2D eigenvalue weighted by Gasteiger charge is 2.67. The van der Waals surface area contributed by atoms with E-state index >= 15 is 0 Å². The van der Waals surface area contributed by atoms with Gasteiger partial charge < -0.3 is 5.32 Å². The van der Waals surface area contributed by atoms with Crippen LogP contribution in [0.4, 0.5) is 13.2 Å². The maximum Gasteiger partial charge on any atom is 0.392 e. The van der Waals surface area contributed by atoms with E-state index < -0.39 is 12.1 Å². The molecular weight excluding hydrogens is 489 g/mol. The van der Waals surface area contributed by atoms with Crippen LogP contribution >= 0.6 is 11.6 Å². The third-order valence-corrected chi connectivity index (χ3v) is 7.90. The van der Waals surface area contributed by atoms with E-state index in [2.05, 4.69) is 10.3 Å². The molecular formula is C27H24ClF3N4O. The molecule has 1 N–H and O–H groups in total. The van der Waals surface area contributed by atoms with Gasteiger partial charge in [0.05, 0.1) is 22.2 Å². The van der Waals surface area contributed by atoms with Gasteiger partial charge in [0, 0.05) is 29.7 Å². The van der Waals surface area contributed by atoms with Crippen molar-refractivity contribution in [1.29, 1.82) is 0 Å². The van der Waals surface area contributed by atoms with E-state index in [0.717, 1.165) is 22.2 Å². The molecule has 36 heavy (non-hydrogen) atoms. The van der Waals surface area contributed by atoms with Gasteiger partial charge in [0.15, 0.2) is 0 Å². The van der Waals surface area contributed by atoms with Crippen LogP contribution in [0.2, 0.25) is 5.02 Å². The Bertz CT molecular complexity index is 1490. The van der Waals surface area contributed by atoms with Crippen LogP contribution in [-0.4, -0.2) is 26.5 Å². The van der Waals surface area contributed by atoms with Gasteiger partial charge in [0.25, 0.3) is 5.91 Å². The smallest absolute Gasteiger partial charge is 0.347 e. The molecule has 4 atom stereocenters. The molecule has 4 aromatic rings. The lowest BCUT2D eigenvalue weighted by Crippen LogP contribution is -2.25. The van der Waals surface area contributed by atoms with Crippen molar-refractivity contribution >= 4 is 34.1 Å². The first-order valence-electron chi connectivity index (χ1n) is 12.1. The number of imidazole rings is 1. The number of hydrogen-bond acceptors (Lipinski definition) is 3. The van der Waals surface area contributed by atoms with Crippen LogP contribution in [0.3, 0.4) is 0 Å². The Morgan fingerprint density at radius 1 is 1.11 bits per heavy atom. The number of nitrogens with zero attached hydrogens (tertiary/aromatic N) is 3. The molecule has 1 unspecified atom stereocenters. The molecule has 5 nitrogen and oxygen atoms in total. The summed E-state index contributed by atoms with van der Waals surface area (Å²) in [6.07, 6.45) is -0.643. The highest BCUT2D eigenvalue weighted by Crippen LogP contribution is 2.66. The van der Waals surface area contributed by atoms with Crippen LogP contribution in [0.15, 0.2) is 48.7 Å². The van der Waals surface area contributed by atoms with Gasteiger partial charge >= 0.3 is 6.18 Å². The monoisotopic (exact) mass is 512 g/mol. The van der Waals surface area contributed by atoms with Crippen molar-refractivity contribution in [2.75, 3.05) is 0 Å². The second-order valence-electron chi connectivity index (χ2n) is 9.85. The first-order valence-corrected chi connectivity index (χ1v) is 12.5. The third-order valence-electron chi connectivity index (χ3n) is 7.67. The molecule has 2 fully saturated rings. The van der Waals surface area contributed by atoms with Crippen LogP contribution in [-0.2, 0) is 13.0 Å². The summed E-state index contributed by atoms with van der Waals surface area (Å²) < 4.78 is 40.7. The number of carbonyl (C=O) groups excluding carboxylic acids is 1. The molecule has 0 bridgehead atoms. The summed E-state index contributed by atoms with van der Waals surface area (Å²) in [6, 6.07) is 13.2. The Labute approximate surface area is 210 Å². The standard InChI is InChI=1S/C27H24ClF3N4O/c1-2-20-25(35-13-17(28)5-8-23(35)34-20)26(36)32-12-14-3-6-21-15(9-14)4-7-22(33-21)16-10-18-19(11-16)24(18)27(29,30)31/h3-9,13,16,18-19,24H,2,10-12H2,1H3,(H,32,36)/t16?,18-,19+,24-.